The Morgan fingerprint density at radius 2 is 1.94 bits per heavy atom. The number of allylic oxidation sites excluding steroid dienone is 1. The molecule has 47 heavy (non-hydrogen) atoms. The van der Waals surface area contributed by atoms with Gasteiger partial charge in [0.25, 0.3) is 0 Å². The minimum Gasteiger partial charge on any atom is -0.376 e. The van der Waals surface area contributed by atoms with Gasteiger partial charge in [-0.1, -0.05) is 23.4 Å². The van der Waals surface area contributed by atoms with E-state index in [2.05, 4.69) is 51.3 Å². The first-order valence-electron chi connectivity index (χ1n) is 15.3. The lowest BCUT2D eigenvalue weighted by Crippen LogP contribution is -2.53. The standard InChI is InChI=1S/C32H38ClN11OS.ClH/c1-19-22-6-5-21(15-23(22)41-43(19)4)42(3)25-8-12-39-32(35,40-25)30-28(33)24(7-11-36-30)46-27-17-37-26(16-38-27)44-13-9-31(10-14-44)18-45-20(2)29(31)34;/h5-8,11-12,15-17,20,29,40H,9-10,13-14,18,34-35H2,1-4H3;1H/t20-,29+,32?;/m0./s1. The quantitative estimate of drug-likeness (QED) is 0.264. The molecule has 0 saturated carbocycles. The van der Waals surface area contributed by atoms with Crippen LogP contribution in [0.1, 0.15) is 31.2 Å². The van der Waals surface area contributed by atoms with Crippen molar-refractivity contribution in [2.45, 2.75) is 54.5 Å². The molecule has 6 heterocycles. The summed E-state index contributed by atoms with van der Waals surface area (Å²) in [6, 6.07) is 8.10. The topological polar surface area (TPSA) is 149 Å². The zero-order valence-corrected chi connectivity index (χ0v) is 29.1. The lowest BCUT2D eigenvalue weighted by molar-refractivity contribution is 0.0974. The van der Waals surface area contributed by atoms with Crippen molar-refractivity contribution in [2.75, 3.05) is 36.5 Å². The van der Waals surface area contributed by atoms with Crippen molar-refractivity contribution in [3.05, 3.63) is 71.2 Å². The average molecular weight is 697 g/mol. The van der Waals surface area contributed by atoms with Gasteiger partial charge < -0.3 is 25.6 Å². The third kappa shape index (κ3) is 6.05. The Morgan fingerprint density at radius 1 is 1.15 bits per heavy atom. The summed E-state index contributed by atoms with van der Waals surface area (Å²) >= 11 is 8.35. The van der Waals surface area contributed by atoms with Gasteiger partial charge in [-0.3, -0.25) is 15.4 Å². The third-order valence-electron chi connectivity index (χ3n) is 9.67. The van der Waals surface area contributed by atoms with Gasteiger partial charge in [-0.2, -0.15) is 5.10 Å². The third-order valence-corrected chi connectivity index (χ3v) is 11.1. The van der Waals surface area contributed by atoms with Gasteiger partial charge in [-0.05, 0) is 57.0 Å². The van der Waals surface area contributed by atoms with Crippen molar-refractivity contribution in [1.29, 1.82) is 0 Å². The van der Waals surface area contributed by atoms with E-state index in [9.17, 15) is 0 Å². The number of aromatic nitrogens is 5. The number of nitrogens with zero attached hydrogens (tertiary/aromatic N) is 8. The Balaban J connectivity index is 0.00000386. The summed E-state index contributed by atoms with van der Waals surface area (Å²) in [6.07, 6.45) is 10.9. The molecule has 3 aliphatic heterocycles. The summed E-state index contributed by atoms with van der Waals surface area (Å²) in [6.45, 7) is 6.61. The summed E-state index contributed by atoms with van der Waals surface area (Å²) in [7, 11) is 3.90. The van der Waals surface area contributed by atoms with Gasteiger partial charge >= 0.3 is 0 Å². The Labute approximate surface area is 289 Å². The summed E-state index contributed by atoms with van der Waals surface area (Å²) in [5, 5.41) is 10.2. The maximum Gasteiger partial charge on any atom is 0.229 e. The second-order valence-electron chi connectivity index (χ2n) is 12.4. The fraction of sp³-hybridized carbons (Fsp3) is 0.406. The number of nitrogens with two attached hydrogens (primary N) is 2. The SMILES string of the molecule is Cc1c2ccc(N(C)C3=CC=NC(N)(c4nccc(Sc5cnc(N6CCC7(CC6)CO[C@@H](C)[C@H]7N)cn5)c4Cl)N3)cc2nn1C.Cl. The number of piperidine rings is 1. The number of nitrogens with one attached hydrogen (secondary N) is 1. The summed E-state index contributed by atoms with van der Waals surface area (Å²) < 4.78 is 7.75. The summed E-state index contributed by atoms with van der Waals surface area (Å²) in [5.74, 6) is 0.204. The minimum absolute atomic E-state index is 0. The monoisotopic (exact) mass is 695 g/mol. The van der Waals surface area contributed by atoms with Crippen molar-refractivity contribution in [3.63, 3.8) is 0 Å². The van der Waals surface area contributed by atoms with Crippen molar-refractivity contribution in [1.82, 2.24) is 30.0 Å². The highest BCUT2D eigenvalue weighted by atomic mass is 35.5. The fourth-order valence-corrected chi connectivity index (χ4v) is 7.66. The fourth-order valence-electron chi connectivity index (χ4n) is 6.54. The van der Waals surface area contributed by atoms with E-state index >= 15 is 0 Å². The van der Waals surface area contributed by atoms with Gasteiger partial charge in [-0.25, -0.2) is 15.0 Å². The number of hydrogen-bond acceptors (Lipinski definition) is 12. The molecule has 2 saturated heterocycles. The molecule has 15 heteroatoms. The van der Waals surface area contributed by atoms with Crippen LogP contribution in [0.4, 0.5) is 11.5 Å². The second-order valence-corrected chi connectivity index (χ2v) is 13.8. The van der Waals surface area contributed by atoms with E-state index in [4.69, 9.17) is 37.8 Å². The van der Waals surface area contributed by atoms with Crippen LogP contribution in [0.25, 0.3) is 10.9 Å². The zero-order valence-electron chi connectivity index (χ0n) is 26.7. The normalized spacial score (nSPS) is 23.5. The molecule has 3 atom stereocenters. The minimum atomic E-state index is -1.39. The van der Waals surface area contributed by atoms with E-state index < -0.39 is 5.79 Å². The maximum atomic E-state index is 6.95. The highest BCUT2D eigenvalue weighted by Gasteiger charge is 2.47. The van der Waals surface area contributed by atoms with Gasteiger partial charge in [0.2, 0.25) is 5.79 Å². The van der Waals surface area contributed by atoms with Crippen molar-refractivity contribution in [2.24, 2.45) is 28.9 Å². The molecule has 1 spiro atoms. The molecule has 248 valence electrons. The Bertz CT molecular complexity index is 1840. The first-order chi connectivity index (χ1) is 22.1. The van der Waals surface area contributed by atoms with Crippen LogP contribution < -0.4 is 26.6 Å². The molecular formula is C32H39Cl2N11OS. The lowest BCUT2D eigenvalue weighted by Gasteiger charge is -2.41. The van der Waals surface area contributed by atoms with E-state index in [0.717, 1.165) is 71.4 Å². The highest BCUT2D eigenvalue weighted by molar-refractivity contribution is 7.99. The molecule has 3 aromatic heterocycles. The van der Waals surface area contributed by atoms with E-state index in [-0.39, 0.29) is 30.0 Å². The van der Waals surface area contributed by atoms with Gasteiger partial charge in [-0.15, -0.1) is 12.4 Å². The molecule has 0 bridgehead atoms. The van der Waals surface area contributed by atoms with Crippen LogP contribution >= 0.6 is 35.8 Å². The molecule has 1 aromatic carbocycles. The first-order valence-corrected chi connectivity index (χ1v) is 16.5. The molecule has 3 aliphatic rings. The van der Waals surface area contributed by atoms with Gasteiger partial charge in [0.15, 0.2) is 0 Å². The number of ether oxygens (including phenoxy) is 1. The van der Waals surface area contributed by atoms with Gasteiger partial charge in [0.05, 0.1) is 35.6 Å². The highest BCUT2D eigenvalue weighted by Crippen LogP contribution is 2.42. The van der Waals surface area contributed by atoms with Crippen LogP contribution in [-0.2, 0) is 17.6 Å². The molecule has 4 aromatic rings. The average Bonchev–Trinajstić information content (AvgIpc) is 3.51. The summed E-state index contributed by atoms with van der Waals surface area (Å²) in [5.41, 5.74) is 16.8. The van der Waals surface area contributed by atoms with Crippen LogP contribution in [0.3, 0.4) is 0 Å². The smallest absolute Gasteiger partial charge is 0.229 e. The molecule has 0 radical (unpaired) electrons. The Hall–Kier alpha value is -3.46. The van der Waals surface area contributed by atoms with Gasteiger partial charge in [0.1, 0.15) is 22.4 Å². The maximum absolute atomic E-state index is 6.95. The van der Waals surface area contributed by atoms with Gasteiger partial charge in [0, 0.05) is 72.7 Å². The number of benzene rings is 1. The number of rotatable bonds is 6. The molecule has 12 nitrogen and oxygen atoms in total. The van der Waals surface area contributed by atoms with Crippen LogP contribution in [-0.4, -0.2) is 69.8 Å². The van der Waals surface area contributed by atoms with E-state index in [0.29, 0.717) is 15.7 Å². The van der Waals surface area contributed by atoms with Crippen molar-refractivity contribution < 1.29 is 4.74 Å². The van der Waals surface area contributed by atoms with E-state index in [1.54, 1.807) is 18.6 Å². The number of aryl methyl sites for hydroxylation is 2. The summed E-state index contributed by atoms with van der Waals surface area (Å²) in [4.78, 5) is 23.5. The van der Waals surface area contributed by atoms with Crippen LogP contribution in [0.5, 0.6) is 0 Å². The van der Waals surface area contributed by atoms with Crippen LogP contribution in [0, 0.1) is 12.3 Å². The molecule has 0 amide bonds. The van der Waals surface area contributed by atoms with E-state index in [1.165, 1.54) is 11.8 Å². The van der Waals surface area contributed by atoms with Crippen LogP contribution in [0.15, 0.2) is 69.7 Å². The molecular weight excluding hydrogens is 657 g/mol. The molecule has 0 aliphatic carbocycles. The number of halogens is 2. The number of aliphatic imine (C=N–C) groups is 1. The van der Waals surface area contributed by atoms with Crippen LogP contribution in [0.2, 0.25) is 5.02 Å². The zero-order chi connectivity index (χ0) is 32.2. The number of hydrogen-bond donors (Lipinski definition) is 3. The largest absolute Gasteiger partial charge is 0.376 e. The van der Waals surface area contributed by atoms with Crippen molar-refractivity contribution >= 4 is 64.4 Å². The predicted octanol–water partition coefficient (Wildman–Crippen LogP) is 4.35. The Morgan fingerprint density at radius 3 is 2.64 bits per heavy atom. The lowest BCUT2D eigenvalue weighted by atomic mass is 9.73. The predicted molar refractivity (Wildman–Crippen MR) is 189 cm³/mol. The second kappa shape index (κ2) is 12.9. The first kappa shape index (κ1) is 33.4. The molecule has 7 rings (SSSR count). The van der Waals surface area contributed by atoms with Crippen molar-refractivity contribution in [3.8, 4) is 0 Å². The molecule has 2 fully saturated rings. The molecule has 1 unspecified atom stereocenters. The molecule has 5 N–H and O–H groups in total. The number of pyridine rings is 1. The Kier molecular flexibility index (Phi) is 9.15. The number of anilines is 2. The van der Waals surface area contributed by atoms with E-state index in [1.807, 2.05) is 48.1 Å². The number of fused-ring (bicyclic) bond motifs is 1.